The van der Waals surface area contributed by atoms with Gasteiger partial charge in [0.1, 0.15) is 6.61 Å². The third-order valence-corrected chi connectivity index (χ3v) is 2.20. The summed E-state index contributed by atoms with van der Waals surface area (Å²) in [6.07, 6.45) is 1.03. The highest BCUT2D eigenvalue weighted by Crippen LogP contribution is 2.02. The largest absolute Gasteiger partial charge is 0.466 e. The van der Waals surface area contributed by atoms with E-state index >= 15 is 0 Å². The van der Waals surface area contributed by atoms with Gasteiger partial charge in [-0.1, -0.05) is 0 Å². The number of nitrogens with zero attached hydrogens (tertiary/aromatic N) is 1. The van der Waals surface area contributed by atoms with Gasteiger partial charge in [-0.05, 0) is 13.3 Å². The molecule has 0 radical (unpaired) electrons. The summed E-state index contributed by atoms with van der Waals surface area (Å²) in [5, 5.41) is 0. The first-order valence-electron chi connectivity index (χ1n) is 5.25. The van der Waals surface area contributed by atoms with Crippen molar-refractivity contribution in [3.05, 3.63) is 0 Å². The molecule has 15 heavy (non-hydrogen) atoms. The fraction of sp³-hybridized carbons (Fsp3) is 0.800. The van der Waals surface area contributed by atoms with Crippen LogP contribution in [0.1, 0.15) is 19.8 Å². The first-order valence-corrected chi connectivity index (χ1v) is 5.25. The lowest BCUT2D eigenvalue weighted by molar-refractivity contribution is -0.146. The summed E-state index contributed by atoms with van der Waals surface area (Å²) in [7, 11) is 0. The molecule has 0 aromatic carbocycles. The molecule has 0 saturated carbocycles. The SMILES string of the molecule is CCOC(=O)CCCN1CCOCC1=O. The zero-order chi connectivity index (χ0) is 11.1. The van der Waals surface area contributed by atoms with Gasteiger partial charge < -0.3 is 14.4 Å². The molecular formula is C10H17NO4. The lowest BCUT2D eigenvalue weighted by Crippen LogP contribution is -2.42. The minimum absolute atomic E-state index is 0.00473. The predicted molar refractivity (Wildman–Crippen MR) is 53.3 cm³/mol. The second kappa shape index (κ2) is 6.40. The molecule has 1 amide bonds. The topological polar surface area (TPSA) is 55.8 Å². The van der Waals surface area contributed by atoms with Crippen LogP contribution in [0.3, 0.4) is 0 Å². The van der Waals surface area contributed by atoms with Crippen LogP contribution in [0.4, 0.5) is 0 Å². The summed E-state index contributed by atoms with van der Waals surface area (Å²) >= 11 is 0. The van der Waals surface area contributed by atoms with Gasteiger partial charge in [-0.25, -0.2) is 0 Å². The van der Waals surface area contributed by atoms with Crippen molar-refractivity contribution in [2.24, 2.45) is 0 Å². The molecule has 0 unspecified atom stereocenters. The molecule has 1 aliphatic rings. The first kappa shape index (κ1) is 12.0. The van der Waals surface area contributed by atoms with Crippen molar-refractivity contribution in [1.82, 2.24) is 4.90 Å². The standard InChI is InChI=1S/C10H17NO4/c1-2-15-10(13)4-3-5-11-6-7-14-8-9(11)12/h2-8H2,1H3. The van der Waals surface area contributed by atoms with Gasteiger partial charge >= 0.3 is 5.97 Å². The van der Waals surface area contributed by atoms with E-state index in [1.54, 1.807) is 11.8 Å². The van der Waals surface area contributed by atoms with Crippen LogP contribution in [-0.2, 0) is 19.1 Å². The summed E-state index contributed by atoms with van der Waals surface area (Å²) in [6, 6.07) is 0. The van der Waals surface area contributed by atoms with Crippen LogP contribution in [0.25, 0.3) is 0 Å². The number of ether oxygens (including phenoxy) is 2. The zero-order valence-electron chi connectivity index (χ0n) is 9.03. The Bertz CT molecular complexity index is 229. The molecule has 1 saturated heterocycles. The van der Waals surface area contributed by atoms with Gasteiger partial charge in [-0.2, -0.15) is 0 Å². The third kappa shape index (κ3) is 4.29. The molecule has 5 heteroatoms. The van der Waals surface area contributed by atoms with Crippen molar-refractivity contribution >= 4 is 11.9 Å². The van der Waals surface area contributed by atoms with Crippen molar-refractivity contribution in [1.29, 1.82) is 0 Å². The summed E-state index contributed by atoms with van der Waals surface area (Å²) in [5.41, 5.74) is 0. The number of esters is 1. The van der Waals surface area contributed by atoms with Gasteiger partial charge in [0.25, 0.3) is 0 Å². The maximum Gasteiger partial charge on any atom is 0.305 e. The third-order valence-electron chi connectivity index (χ3n) is 2.20. The van der Waals surface area contributed by atoms with Crippen LogP contribution in [0.15, 0.2) is 0 Å². The van der Waals surface area contributed by atoms with Crippen LogP contribution in [0.2, 0.25) is 0 Å². The summed E-state index contributed by atoms with van der Waals surface area (Å²) in [5.74, 6) is -0.191. The van der Waals surface area contributed by atoms with E-state index in [1.165, 1.54) is 0 Å². The second-order valence-electron chi connectivity index (χ2n) is 3.34. The maximum absolute atomic E-state index is 11.3. The summed E-state index contributed by atoms with van der Waals surface area (Å²) < 4.78 is 9.79. The van der Waals surface area contributed by atoms with Crippen molar-refractivity contribution in [3.63, 3.8) is 0 Å². The Labute approximate surface area is 89.3 Å². The van der Waals surface area contributed by atoms with Gasteiger partial charge in [0.05, 0.1) is 13.2 Å². The predicted octanol–water partition coefficient (Wildman–Crippen LogP) is 0.188. The van der Waals surface area contributed by atoms with Crippen LogP contribution in [0.5, 0.6) is 0 Å². The van der Waals surface area contributed by atoms with Crippen molar-refractivity contribution in [2.45, 2.75) is 19.8 Å². The zero-order valence-corrected chi connectivity index (χ0v) is 9.03. The van der Waals surface area contributed by atoms with Crippen molar-refractivity contribution < 1.29 is 19.1 Å². The number of rotatable bonds is 5. The fourth-order valence-corrected chi connectivity index (χ4v) is 1.43. The molecule has 1 rings (SSSR count). The Morgan fingerprint density at radius 3 is 3.07 bits per heavy atom. The van der Waals surface area contributed by atoms with E-state index in [-0.39, 0.29) is 18.5 Å². The lowest BCUT2D eigenvalue weighted by atomic mass is 10.3. The lowest BCUT2D eigenvalue weighted by Gasteiger charge is -2.26. The van der Waals surface area contributed by atoms with E-state index < -0.39 is 0 Å². The van der Waals surface area contributed by atoms with Crippen LogP contribution in [0, 0.1) is 0 Å². The molecule has 0 aliphatic carbocycles. The minimum Gasteiger partial charge on any atom is -0.466 e. The van der Waals surface area contributed by atoms with Crippen LogP contribution < -0.4 is 0 Å². The van der Waals surface area contributed by atoms with Crippen molar-refractivity contribution in [2.75, 3.05) is 32.9 Å². The van der Waals surface area contributed by atoms with Gasteiger partial charge in [0, 0.05) is 19.5 Å². The van der Waals surface area contributed by atoms with E-state index in [0.717, 1.165) is 0 Å². The van der Waals surface area contributed by atoms with E-state index in [1.807, 2.05) is 0 Å². The molecule has 1 fully saturated rings. The fourth-order valence-electron chi connectivity index (χ4n) is 1.43. The van der Waals surface area contributed by atoms with E-state index in [4.69, 9.17) is 9.47 Å². The summed E-state index contributed by atoms with van der Waals surface area (Å²) in [6.45, 7) is 4.19. The molecule has 0 N–H and O–H groups in total. The summed E-state index contributed by atoms with van der Waals surface area (Å²) in [4.78, 5) is 24.0. The number of carbonyl (C=O) groups excluding carboxylic acids is 2. The van der Waals surface area contributed by atoms with Crippen LogP contribution >= 0.6 is 0 Å². The number of amides is 1. The number of hydrogen-bond acceptors (Lipinski definition) is 4. The molecule has 86 valence electrons. The molecule has 0 bridgehead atoms. The van der Waals surface area contributed by atoms with E-state index in [9.17, 15) is 9.59 Å². The molecule has 0 aromatic rings. The Kier molecular flexibility index (Phi) is 5.10. The highest BCUT2D eigenvalue weighted by atomic mass is 16.5. The number of carbonyl (C=O) groups is 2. The highest BCUT2D eigenvalue weighted by molar-refractivity contribution is 5.78. The monoisotopic (exact) mass is 215 g/mol. The Morgan fingerprint density at radius 1 is 1.60 bits per heavy atom. The normalized spacial score (nSPS) is 16.6. The van der Waals surface area contributed by atoms with Gasteiger partial charge in [0.2, 0.25) is 5.91 Å². The van der Waals surface area contributed by atoms with E-state index in [0.29, 0.717) is 39.1 Å². The minimum atomic E-state index is -0.196. The first-order chi connectivity index (χ1) is 7.24. The second-order valence-corrected chi connectivity index (χ2v) is 3.34. The Morgan fingerprint density at radius 2 is 2.40 bits per heavy atom. The molecule has 1 heterocycles. The van der Waals surface area contributed by atoms with Gasteiger partial charge in [-0.15, -0.1) is 0 Å². The average Bonchev–Trinajstić information content (AvgIpc) is 2.21. The number of morpholine rings is 1. The molecule has 5 nitrogen and oxygen atoms in total. The maximum atomic E-state index is 11.3. The molecule has 1 aliphatic heterocycles. The van der Waals surface area contributed by atoms with E-state index in [2.05, 4.69) is 0 Å². The molecule has 0 atom stereocenters. The Hall–Kier alpha value is -1.10. The number of hydrogen-bond donors (Lipinski definition) is 0. The quantitative estimate of drug-likeness (QED) is 0.614. The van der Waals surface area contributed by atoms with Crippen LogP contribution in [-0.4, -0.2) is 49.7 Å². The average molecular weight is 215 g/mol. The molecule has 0 spiro atoms. The van der Waals surface area contributed by atoms with Gasteiger partial charge in [-0.3, -0.25) is 9.59 Å². The van der Waals surface area contributed by atoms with Gasteiger partial charge in [0.15, 0.2) is 0 Å². The highest BCUT2D eigenvalue weighted by Gasteiger charge is 2.17. The molecular weight excluding hydrogens is 198 g/mol. The molecule has 0 aromatic heterocycles. The Balaban J connectivity index is 2.13. The van der Waals surface area contributed by atoms with Crippen molar-refractivity contribution in [3.8, 4) is 0 Å². The smallest absolute Gasteiger partial charge is 0.305 e.